The van der Waals surface area contributed by atoms with Gasteiger partial charge in [0.1, 0.15) is 11.4 Å². The van der Waals surface area contributed by atoms with Crippen LogP contribution in [0.15, 0.2) is 36.5 Å². The second kappa shape index (κ2) is 7.77. The van der Waals surface area contributed by atoms with Crippen LogP contribution in [0.25, 0.3) is 0 Å². The van der Waals surface area contributed by atoms with Crippen molar-refractivity contribution in [3.8, 4) is 5.75 Å². The Labute approximate surface area is 141 Å². The first-order chi connectivity index (χ1) is 11.8. The lowest BCUT2D eigenvalue weighted by molar-refractivity contribution is 0.102. The Bertz CT molecular complexity index is 699. The third-order valence-corrected chi connectivity index (χ3v) is 4.18. The van der Waals surface area contributed by atoms with Crippen LogP contribution in [0.2, 0.25) is 0 Å². The molecule has 1 fully saturated rings. The molecule has 6 nitrogen and oxygen atoms in total. The maximum Gasteiger partial charge on any atom is 0.274 e. The number of methoxy groups -OCH3 is 1. The lowest BCUT2D eigenvalue weighted by Gasteiger charge is -2.22. The summed E-state index contributed by atoms with van der Waals surface area (Å²) >= 11 is 0. The fraction of sp³-hybridized carbons (Fsp3) is 0.389. The number of nitrogens with one attached hydrogen (secondary N) is 2. The Morgan fingerprint density at radius 2 is 1.96 bits per heavy atom. The van der Waals surface area contributed by atoms with Crippen molar-refractivity contribution >= 4 is 17.5 Å². The van der Waals surface area contributed by atoms with Crippen molar-refractivity contribution in [3.05, 3.63) is 42.2 Å². The standard InChI is InChI=1S/C18H22N4O2/c1-24-16-10-6-5-9-14(16)21-17(23)15-11-12-19-18(22-15)20-13-7-3-2-4-8-13/h5-6,9-13H,2-4,7-8H2,1H3,(H,21,23)(H,19,20,22). The largest absolute Gasteiger partial charge is 0.495 e. The molecule has 24 heavy (non-hydrogen) atoms. The molecule has 1 heterocycles. The highest BCUT2D eigenvalue weighted by Crippen LogP contribution is 2.24. The minimum absolute atomic E-state index is 0.284. The molecule has 1 aromatic heterocycles. The van der Waals surface area contributed by atoms with E-state index in [1.807, 2.05) is 12.1 Å². The van der Waals surface area contributed by atoms with Crippen LogP contribution in [0.4, 0.5) is 11.6 Å². The number of carbonyl (C=O) groups excluding carboxylic acids is 1. The molecule has 0 radical (unpaired) electrons. The SMILES string of the molecule is COc1ccccc1NC(=O)c1ccnc(NC2CCCCC2)n1. The van der Waals surface area contributed by atoms with Crippen LogP contribution in [-0.4, -0.2) is 29.0 Å². The van der Waals surface area contributed by atoms with Crippen LogP contribution in [0.3, 0.4) is 0 Å². The first-order valence-corrected chi connectivity index (χ1v) is 8.30. The lowest BCUT2D eigenvalue weighted by atomic mass is 9.96. The number of carbonyl (C=O) groups is 1. The summed E-state index contributed by atoms with van der Waals surface area (Å²) < 4.78 is 5.25. The van der Waals surface area contributed by atoms with Gasteiger partial charge in [-0.05, 0) is 31.0 Å². The molecule has 2 aromatic rings. The number of benzene rings is 1. The maximum absolute atomic E-state index is 12.4. The summed E-state index contributed by atoms with van der Waals surface area (Å²) in [6.07, 6.45) is 7.61. The molecule has 6 heteroatoms. The molecule has 3 rings (SSSR count). The van der Waals surface area contributed by atoms with Gasteiger partial charge in [-0.3, -0.25) is 4.79 Å². The van der Waals surface area contributed by atoms with Crippen molar-refractivity contribution in [2.24, 2.45) is 0 Å². The zero-order valence-electron chi connectivity index (χ0n) is 13.8. The number of nitrogens with zero attached hydrogens (tertiary/aromatic N) is 2. The molecule has 1 aliphatic rings. The molecule has 1 aromatic carbocycles. The number of para-hydroxylation sites is 2. The van der Waals surface area contributed by atoms with E-state index in [2.05, 4.69) is 20.6 Å². The van der Waals surface area contributed by atoms with Gasteiger partial charge in [-0.1, -0.05) is 31.4 Å². The van der Waals surface area contributed by atoms with Gasteiger partial charge in [-0.15, -0.1) is 0 Å². The predicted octanol–water partition coefficient (Wildman–Crippen LogP) is 3.48. The Kier molecular flexibility index (Phi) is 5.25. The van der Waals surface area contributed by atoms with E-state index >= 15 is 0 Å². The molecule has 1 saturated carbocycles. The summed E-state index contributed by atoms with van der Waals surface area (Å²) in [6.45, 7) is 0. The topological polar surface area (TPSA) is 76.1 Å². The van der Waals surface area contributed by atoms with Gasteiger partial charge in [0.25, 0.3) is 5.91 Å². The van der Waals surface area contributed by atoms with Gasteiger partial charge in [0, 0.05) is 12.2 Å². The van der Waals surface area contributed by atoms with Crippen molar-refractivity contribution < 1.29 is 9.53 Å². The highest BCUT2D eigenvalue weighted by atomic mass is 16.5. The first-order valence-electron chi connectivity index (χ1n) is 8.30. The van der Waals surface area contributed by atoms with E-state index in [1.165, 1.54) is 19.3 Å². The van der Waals surface area contributed by atoms with Crippen molar-refractivity contribution in [3.63, 3.8) is 0 Å². The van der Waals surface area contributed by atoms with Gasteiger partial charge in [-0.25, -0.2) is 9.97 Å². The van der Waals surface area contributed by atoms with Gasteiger partial charge in [0.15, 0.2) is 0 Å². The molecule has 0 atom stereocenters. The number of amides is 1. The van der Waals surface area contributed by atoms with E-state index in [0.29, 0.717) is 29.1 Å². The summed E-state index contributed by atoms with van der Waals surface area (Å²) in [5, 5.41) is 6.16. The Morgan fingerprint density at radius 1 is 1.17 bits per heavy atom. The average Bonchev–Trinajstić information content (AvgIpc) is 2.63. The van der Waals surface area contributed by atoms with E-state index in [4.69, 9.17) is 4.74 Å². The minimum atomic E-state index is -0.284. The van der Waals surface area contributed by atoms with E-state index in [1.54, 1.807) is 31.5 Å². The molecule has 1 amide bonds. The molecular weight excluding hydrogens is 304 g/mol. The second-order valence-corrected chi connectivity index (χ2v) is 5.90. The quantitative estimate of drug-likeness (QED) is 0.879. The van der Waals surface area contributed by atoms with Crippen LogP contribution in [-0.2, 0) is 0 Å². The fourth-order valence-electron chi connectivity index (χ4n) is 2.92. The number of hydrogen-bond donors (Lipinski definition) is 2. The number of hydrogen-bond acceptors (Lipinski definition) is 5. The highest BCUT2D eigenvalue weighted by Gasteiger charge is 2.16. The van der Waals surface area contributed by atoms with Crippen molar-refractivity contribution in [2.75, 3.05) is 17.7 Å². The van der Waals surface area contributed by atoms with E-state index in [9.17, 15) is 4.79 Å². The summed E-state index contributed by atoms with van der Waals surface area (Å²) in [5.41, 5.74) is 0.944. The van der Waals surface area contributed by atoms with Gasteiger partial charge < -0.3 is 15.4 Å². The molecule has 2 N–H and O–H groups in total. The number of aromatic nitrogens is 2. The summed E-state index contributed by atoms with van der Waals surface area (Å²) in [4.78, 5) is 21.0. The van der Waals surface area contributed by atoms with Gasteiger partial charge in [0.05, 0.1) is 12.8 Å². The molecule has 0 unspecified atom stereocenters. The Morgan fingerprint density at radius 3 is 2.75 bits per heavy atom. The fourth-order valence-corrected chi connectivity index (χ4v) is 2.92. The zero-order valence-corrected chi connectivity index (χ0v) is 13.8. The molecule has 1 aliphatic carbocycles. The van der Waals surface area contributed by atoms with Gasteiger partial charge in [-0.2, -0.15) is 0 Å². The molecular formula is C18H22N4O2. The van der Waals surface area contributed by atoms with Crippen LogP contribution < -0.4 is 15.4 Å². The molecule has 0 spiro atoms. The predicted molar refractivity (Wildman–Crippen MR) is 93.5 cm³/mol. The maximum atomic E-state index is 12.4. The minimum Gasteiger partial charge on any atom is -0.495 e. The lowest BCUT2D eigenvalue weighted by Crippen LogP contribution is -2.24. The van der Waals surface area contributed by atoms with Gasteiger partial charge in [0.2, 0.25) is 5.95 Å². The van der Waals surface area contributed by atoms with E-state index in [0.717, 1.165) is 12.8 Å². The van der Waals surface area contributed by atoms with E-state index < -0.39 is 0 Å². The molecule has 0 saturated heterocycles. The van der Waals surface area contributed by atoms with Crippen molar-refractivity contribution in [1.29, 1.82) is 0 Å². The molecule has 126 valence electrons. The average molecular weight is 326 g/mol. The van der Waals surface area contributed by atoms with Crippen LogP contribution in [0.1, 0.15) is 42.6 Å². The van der Waals surface area contributed by atoms with Gasteiger partial charge >= 0.3 is 0 Å². The van der Waals surface area contributed by atoms with Crippen molar-refractivity contribution in [2.45, 2.75) is 38.1 Å². The van der Waals surface area contributed by atoms with Crippen molar-refractivity contribution in [1.82, 2.24) is 9.97 Å². The summed E-state index contributed by atoms with van der Waals surface area (Å²) in [7, 11) is 1.57. The van der Waals surface area contributed by atoms with E-state index in [-0.39, 0.29) is 5.91 Å². The Balaban J connectivity index is 1.69. The number of ether oxygens (including phenoxy) is 1. The van der Waals surface area contributed by atoms with Crippen LogP contribution in [0.5, 0.6) is 5.75 Å². The first kappa shape index (κ1) is 16.2. The number of anilines is 2. The Hall–Kier alpha value is -2.63. The zero-order chi connectivity index (χ0) is 16.8. The number of rotatable bonds is 5. The van der Waals surface area contributed by atoms with Crippen LogP contribution >= 0.6 is 0 Å². The highest BCUT2D eigenvalue weighted by molar-refractivity contribution is 6.03. The van der Waals surface area contributed by atoms with Crippen LogP contribution in [0, 0.1) is 0 Å². The second-order valence-electron chi connectivity index (χ2n) is 5.90. The summed E-state index contributed by atoms with van der Waals surface area (Å²) in [6, 6.07) is 9.28. The summed E-state index contributed by atoms with van der Waals surface area (Å²) in [5.74, 6) is 0.837. The smallest absolute Gasteiger partial charge is 0.274 e. The third-order valence-electron chi connectivity index (χ3n) is 4.18. The molecule has 0 aliphatic heterocycles. The molecule has 0 bridgehead atoms. The normalized spacial score (nSPS) is 14.9. The third kappa shape index (κ3) is 4.01. The monoisotopic (exact) mass is 326 g/mol.